The van der Waals surface area contributed by atoms with Crippen LogP contribution in [0.4, 0.5) is 0 Å². The summed E-state index contributed by atoms with van der Waals surface area (Å²) in [6.45, 7) is 4.44. The molecule has 0 aliphatic rings. The first kappa shape index (κ1) is 13.7. The molecule has 0 saturated heterocycles. The fourth-order valence-electron chi connectivity index (χ4n) is 2.75. The van der Waals surface area contributed by atoms with Gasteiger partial charge < -0.3 is 5.11 Å². The van der Waals surface area contributed by atoms with E-state index in [1.54, 1.807) is 6.07 Å². The summed E-state index contributed by atoms with van der Waals surface area (Å²) in [4.78, 5) is 0. The van der Waals surface area contributed by atoms with Gasteiger partial charge in [0.05, 0.1) is 0 Å². The van der Waals surface area contributed by atoms with E-state index >= 15 is 0 Å². The summed E-state index contributed by atoms with van der Waals surface area (Å²) in [6, 6.07) is 16.1. The van der Waals surface area contributed by atoms with Crippen molar-refractivity contribution in [1.29, 1.82) is 0 Å². The van der Waals surface area contributed by atoms with E-state index in [4.69, 9.17) is 0 Å². The van der Waals surface area contributed by atoms with Gasteiger partial charge in [0, 0.05) is 5.56 Å². The Kier molecular flexibility index (Phi) is 4.62. The zero-order valence-electron chi connectivity index (χ0n) is 11.8. The molecule has 19 heavy (non-hydrogen) atoms. The van der Waals surface area contributed by atoms with Gasteiger partial charge in [0.25, 0.3) is 0 Å². The molecule has 2 aromatic carbocycles. The molecule has 2 aromatic rings. The van der Waals surface area contributed by atoms with Crippen molar-refractivity contribution in [1.82, 2.24) is 0 Å². The van der Waals surface area contributed by atoms with Crippen molar-refractivity contribution < 1.29 is 5.11 Å². The fraction of sp³-hybridized carbons (Fsp3) is 0.333. The number of rotatable bonds is 5. The lowest BCUT2D eigenvalue weighted by Crippen LogP contribution is -2.00. The minimum atomic E-state index is 0.387. The molecule has 0 aromatic heterocycles. The summed E-state index contributed by atoms with van der Waals surface area (Å²) in [6.07, 6.45) is 3.44. The van der Waals surface area contributed by atoms with Gasteiger partial charge in [-0.25, -0.2) is 0 Å². The maximum Gasteiger partial charge on any atom is 0.123 e. The molecule has 1 nitrogen and oxygen atoms in total. The fourth-order valence-corrected chi connectivity index (χ4v) is 2.75. The van der Waals surface area contributed by atoms with E-state index in [0.717, 1.165) is 17.5 Å². The summed E-state index contributed by atoms with van der Waals surface area (Å²) >= 11 is 0. The SMILES string of the molecule is CCCC(CC)c1cccc(O)c1-c1ccccc1. The lowest BCUT2D eigenvalue weighted by atomic mass is 9.86. The largest absolute Gasteiger partial charge is 0.507 e. The molecule has 0 saturated carbocycles. The predicted molar refractivity (Wildman–Crippen MR) is 81.5 cm³/mol. The lowest BCUT2D eigenvalue weighted by molar-refractivity contribution is 0.475. The minimum absolute atomic E-state index is 0.387. The summed E-state index contributed by atoms with van der Waals surface area (Å²) in [5.74, 6) is 0.908. The van der Waals surface area contributed by atoms with Crippen LogP contribution >= 0.6 is 0 Å². The normalized spacial score (nSPS) is 12.3. The summed E-state index contributed by atoms with van der Waals surface area (Å²) in [7, 11) is 0. The van der Waals surface area contributed by atoms with Gasteiger partial charge in [0.1, 0.15) is 5.75 Å². The van der Waals surface area contributed by atoms with Crippen LogP contribution in [0.3, 0.4) is 0 Å². The third-order valence-corrected chi connectivity index (χ3v) is 3.71. The Morgan fingerprint density at radius 1 is 0.947 bits per heavy atom. The topological polar surface area (TPSA) is 20.2 Å². The van der Waals surface area contributed by atoms with Crippen LogP contribution in [0, 0.1) is 0 Å². The molecule has 0 radical (unpaired) electrons. The second-order valence-electron chi connectivity index (χ2n) is 5.00. The van der Waals surface area contributed by atoms with Crippen LogP contribution in [-0.2, 0) is 0 Å². The van der Waals surface area contributed by atoms with E-state index in [2.05, 4.69) is 32.0 Å². The van der Waals surface area contributed by atoms with Gasteiger partial charge in [-0.3, -0.25) is 0 Å². The lowest BCUT2D eigenvalue weighted by Gasteiger charge is -2.19. The number of aromatic hydroxyl groups is 1. The quantitative estimate of drug-likeness (QED) is 0.762. The molecule has 0 heterocycles. The van der Waals surface area contributed by atoms with Gasteiger partial charge >= 0.3 is 0 Å². The van der Waals surface area contributed by atoms with E-state index in [-0.39, 0.29) is 0 Å². The number of hydrogen-bond acceptors (Lipinski definition) is 1. The smallest absolute Gasteiger partial charge is 0.123 e. The van der Waals surface area contributed by atoms with Gasteiger partial charge in [0.2, 0.25) is 0 Å². The van der Waals surface area contributed by atoms with Crippen molar-refractivity contribution >= 4 is 0 Å². The first-order valence-corrected chi connectivity index (χ1v) is 7.15. The van der Waals surface area contributed by atoms with E-state index in [1.165, 1.54) is 18.4 Å². The molecule has 0 amide bonds. The molecule has 0 fully saturated rings. The average Bonchev–Trinajstić information content (AvgIpc) is 2.45. The molecule has 0 aliphatic carbocycles. The van der Waals surface area contributed by atoms with Gasteiger partial charge in [-0.1, -0.05) is 62.7 Å². The number of phenolic OH excluding ortho intramolecular Hbond substituents is 1. The van der Waals surface area contributed by atoms with E-state index in [0.29, 0.717) is 11.7 Å². The van der Waals surface area contributed by atoms with Crippen molar-refractivity contribution in [2.75, 3.05) is 0 Å². The second kappa shape index (κ2) is 6.42. The maximum atomic E-state index is 10.3. The number of phenols is 1. The third kappa shape index (κ3) is 2.98. The maximum absolute atomic E-state index is 10.3. The van der Waals surface area contributed by atoms with Crippen LogP contribution in [0.1, 0.15) is 44.6 Å². The van der Waals surface area contributed by atoms with Gasteiger partial charge in [-0.2, -0.15) is 0 Å². The minimum Gasteiger partial charge on any atom is -0.507 e. The zero-order valence-corrected chi connectivity index (χ0v) is 11.8. The van der Waals surface area contributed by atoms with Gasteiger partial charge in [0.15, 0.2) is 0 Å². The molecule has 0 bridgehead atoms. The zero-order chi connectivity index (χ0) is 13.7. The van der Waals surface area contributed by atoms with E-state index in [9.17, 15) is 5.11 Å². The van der Waals surface area contributed by atoms with Crippen LogP contribution in [0.5, 0.6) is 5.75 Å². The van der Waals surface area contributed by atoms with Crippen LogP contribution in [-0.4, -0.2) is 5.11 Å². The standard InChI is InChI=1S/C18H22O/c1-3-9-14(4-2)16-12-8-13-17(19)18(16)15-10-6-5-7-11-15/h5-8,10-14,19H,3-4,9H2,1-2H3. The summed E-state index contributed by atoms with van der Waals surface area (Å²) < 4.78 is 0. The summed E-state index contributed by atoms with van der Waals surface area (Å²) in [5.41, 5.74) is 3.38. The van der Waals surface area contributed by atoms with Crippen LogP contribution in [0.15, 0.2) is 48.5 Å². The van der Waals surface area contributed by atoms with Crippen molar-refractivity contribution in [3.05, 3.63) is 54.1 Å². The molecule has 1 unspecified atom stereocenters. The molecule has 2 rings (SSSR count). The number of benzene rings is 2. The van der Waals surface area contributed by atoms with Gasteiger partial charge in [-0.05, 0) is 36.0 Å². The molecule has 0 aliphatic heterocycles. The van der Waals surface area contributed by atoms with Crippen molar-refractivity contribution in [3.63, 3.8) is 0 Å². The first-order chi connectivity index (χ1) is 9.27. The molecular formula is C18H22O. The molecule has 100 valence electrons. The molecule has 0 spiro atoms. The highest BCUT2D eigenvalue weighted by atomic mass is 16.3. The Bertz CT molecular complexity index is 516. The molecular weight excluding hydrogens is 232 g/mol. The highest BCUT2D eigenvalue weighted by molar-refractivity contribution is 5.74. The third-order valence-electron chi connectivity index (χ3n) is 3.71. The van der Waals surface area contributed by atoms with Crippen LogP contribution in [0.25, 0.3) is 11.1 Å². The molecule has 1 heteroatoms. The number of hydrogen-bond donors (Lipinski definition) is 1. The molecule has 1 atom stereocenters. The Hall–Kier alpha value is -1.76. The van der Waals surface area contributed by atoms with E-state index in [1.807, 2.05) is 24.3 Å². The van der Waals surface area contributed by atoms with Crippen molar-refractivity contribution in [2.24, 2.45) is 0 Å². The Morgan fingerprint density at radius 2 is 1.68 bits per heavy atom. The van der Waals surface area contributed by atoms with Crippen molar-refractivity contribution in [2.45, 2.75) is 39.0 Å². The second-order valence-corrected chi connectivity index (χ2v) is 5.00. The van der Waals surface area contributed by atoms with Crippen molar-refractivity contribution in [3.8, 4) is 16.9 Å². The Labute approximate surface area is 115 Å². The first-order valence-electron chi connectivity index (χ1n) is 7.15. The molecule has 1 N–H and O–H groups in total. The monoisotopic (exact) mass is 254 g/mol. The highest BCUT2D eigenvalue weighted by Gasteiger charge is 2.16. The highest BCUT2D eigenvalue weighted by Crippen LogP contribution is 2.38. The predicted octanol–water partition coefficient (Wildman–Crippen LogP) is 5.35. The van der Waals surface area contributed by atoms with E-state index < -0.39 is 0 Å². The average molecular weight is 254 g/mol. The Morgan fingerprint density at radius 3 is 2.32 bits per heavy atom. The van der Waals surface area contributed by atoms with Gasteiger partial charge in [-0.15, -0.1) is 0 Å². The van der Waals surface area contributed by atoms with Crippen LogP contribution in [0.2, 0.25) is 0 Å². The Balaban J connectivity index is 2.53. The van der Waals surface area contributed by atoms with Crippen LogP contribution < -0.4 is 0 Å². The summed E-state index contributed by atoms with van der Waals surface area (Å²) in [5, 5.41) is 10.3.